The van der Waals surface area contributed by atoms with E-state index in [1.807, 2.05) is 12.1 Å². The molecule has 0 radical (unpaired) electrons. The van der Waals surface area contributed by atoms with Crippen LogP contribution in [0.25, 0.3) is 5.95 Å². The quantitative estimate of drug-likeness (QED) is 0.164. The van der Waals surface area contributed by atoms with Crippen molar-refractivity contribution >= 4 is 11.5 Å². The highest BCUT2D eigenvalue weighted by molar-refractivity contribution is 5.95. The first-order chi connectivity index (χ1) is 18.0. The van der Waals surface area contributed by atoms with Gasteiger partial charge in [0.2, 0.25) is 0 Å². The Bertz CT molecular complexity index is 1500. The average Bonchev–Trinajstić information content (AvgIpc) is 3.57. The summed E-state index contributed by atoms with van der Waals surface area (Å²) in [5, 5.41) is 15.5. The van der Waals surface area contributed by atoms with Gasteiger partial charge in [-0.1, -0.05) is 5.92 Å². The standard InChI is InChI=1S/C26H24N8O3/c1-2-16-12-18(14-21(13-16)37-20-8-11-36-15-20)22(31-19-6-4-17(5-7-19)23(27)28)24-32-26(35)34(33-24)25-29-9-3-10-30-25/h1,3-7,9-10,12-14,20,22,31H,8,11,15H2,(H3,27,28)(H,32,33,35)/t20-,22?/m0/s1. The molecule has 5 rings (SSSR count). The van der Waals surface area contributed by atoms with Crippen molar-refractivity contribution in [2.24, 2.45) is 5.73 Å². The number of nitrogens with zero attached hydrogens (tertiary/aromatic N) is 4. The molecule has 0 aliphatic carbocycles. The zero-order valence-electron chi connectivity index (χ0n) is 19.7. The molecule has 2 atom stereocenters. The first-order valence-corrected chi connectivity index (χ1v) is 11.5. The molecule has 3 heterocycles. The van der Waals surface area contributed by atoms with Crippen LogP contribution in [-0.4, -0.2) is 49.9 Å². The predicted molar refractivity (Wildman–Crippen MR) is 137 cm³/mol. The van der Waals surface area contributed by atoms with E-state index in [2.05, 4.69) is 31.3 Å². The Morgan fingerprint density at radius 1 is 1.27 bits per heavy atom. The molecule has 37 heavy (non-hydrogen) atoms. The van der Waals surface area contributed by atoms with E-state index in [1.54, 1.807) is 36.4 Å². The summed E-state index contributed by atoms with van der Waals surface area (Å²) >= 11 is 0. The number of benzene rings is 2. The van der Waals surface area contributed by atoms with Gasteiger partial charge in [-0.05, 0) is 54.1 Å². The van der Waals surface area contributed by atoms with E-state index >= 15 is 0 Å². The van der Waals surface area contributed by atoms with Crippen LogP contribution in [0.3, 0.4) is 0 Å². The Hall–Kier alpha value is -4.95. The number of rotatable bonds is 8. The second kappa shape index (κ2) is 10.3. The smallest absolute Gasteiger partial charge is 0.350 e. The van der Waals surface area contributed by atoms with Crippen molar-refractivity contribution < 1.29 is 9.47 Å². The van der Waals surface area contributed by atoms with Crippen LogP contribution in [0.4, 0.5) is 5.69 Å². The number of amidine groups is 1. The lowest BCUT2D eigenvalue weighted by atomic mass is 10.0. The molecular formula is C26H24N8O3. The van der Waals surface area contributed by atoms with E-state index in [0.717, 1.165) is 16.7 Å². The largest absolute Gasteiger partial charge is 0.488 e. The molecule has 0 bridgehead atoms. The lowest BCUT2D eigenvalue weighted by molar-refractivity contribution is 0.141. The SMILES string of the molecule is C#Cc1cc(O[C@H]2CCOC2)cc(C(Nc2ccc(C(=N)N)cc2)c2nn(-c3ncccn3)c(=O)[nH]2)c1. The number of hydrogen-bond donors (Lipinski definition) is 4. The lowest BCUT2D eigenvalue weighted by Gasteiger charge is -2.20. The second-order valence-electron chi connectivity index (χ2n) is 8.38. The molecule has 2 aromatic carbocycles. The molecule has 11 nitrogen and oxygen atoms in total. The summed E-state index contributed by atoms with van der Waals surface area (Å²) in [7, 11) is 0. The highest BCUT2D eigenvalue weighted by atomic mass is 16.5. The molecule has 1 saturated heterocycles. The Morgan fingerprint density at radius 2 is 2.05 bits per heavy atom. The second-order valence-corrected chi connectivity index (χ2v) is 8.38. The third kappa shape index (κ3) is 5.34. The Morgan fingerprint density at radius 3 is 2.73 bits per heavy atom. The van der Waals surface area contributed by atoms with Crippen LogP contribution in [0.2, 0.25) is 0 Å². The predicted octanol–water partition coefficient (Wildman–Crippen LogP) is 1.99. The summed E-state index contributed by atoms with van der Waals surface area (Å²) in [5.41, 5.74) is 7.72. The molecule has 11 heteroatoms. The number of aromatic nitrogens is 5. The molecule has 5 N–H and O–H groups in total. The number of nitrogen functional groups attached to an aromatic ring is 1. The van der Waals surface area contributed by atoms with Gasteiger partial charge >= 0.3 is 5.69 Å². The maximum absolute atomic E-state index is 12.8. The summed E-state index contributed by atoms with van der Waals surface area (Å²) in [5.74, 6) is 3.69. The van der Waals surface area contributed by atoms with E-state index < -0.39 is 11.7 Å². The van der Waals surface area contributed by atoms with E-state index in [4.69, 9.17) is 27.0 Å². The van der Waals surface area contributed by atoms with Gasteiger partial charge in [-0.2, -0.15) is 0 Å². The number of ether oxygens (including phenoxy) is 2. The molecule has 4 aromatic rings. The number of anilines is 1. The van der Waals surface area contributed by atoms with Crippen molar-refractivity contribution in [1.82, 2.24) is 24.7 Å². The minimum atomic E-state index is -0.628. The molecule has 1 fully saturated rings. The van der Waals surface area contributed by atoms with Gasteiger partial charge in [-0.3, -0.25) is 10.4 Å². The van der Waals surface area contributed by atoms with Gasteiger partial charge in [0.25, 0.3) is 5.95 Å². The summed E-state index contributed by atoms with van der Waals surface area (Å²) in [6.45, 7) is 1.15. The first-order valence-electron chi connectivity index (χ1n) is 11.5. The molecule has 0 spiro atoms. The van der Waals surface area contributed by atoms with Crippen molar-refractivity contribution in [3.63, 3.8) is 0 Å². The van der Waals surface area contributed by atoms with Crippen molar-refractivity contribution in [2.45, 2.75) is 18.6 Å². The summed E-state index contributed by atoms with van der Waals surface area (Å²) in [6.07, 6.45) is 9.54. The third-order valence-electron chi connectivity index (χ3n) is 5.78. The molecule has 1 unspecified atom stereocenters. The minimum absolute atomic E-state index is 0.0339. The summed E-state index contributed by atoms with van der Waals surface area (Å²) < 4.78 is 12.7. The molecule has 1 aliphatic heterocycles. The number of hydrogen-bond acceptors (Lipinski definition) is 8. The van der Waals surface area contributed by atoms with Gasteiger partial charge in [-0.15, -0.1) is 16.2 Å². The summed E-state index contributed by atoms with van der Waals surface area (Å²) in [4.78, 5) is 23.9. The third-order valence-corrected chi connectivity index (χ3v) is 5.78. The highest BCUT2D eigenvalue weighted by Gasteiger charge is 2.24. The molecule has 0 amide bonds. The maximum atomic E-state index is 12.8. The van der Waals surface area contributed by atoms with Gasteiger partial charge < -0.3 is 20.5 Å². The topological polar surface area (TPSA) is 157 Å². The van der Waals surface area contributed by atoms with Crippen LogP contribution in [0.15, 0.2) is 65.7 Å². The minimum Gasteiger partial charge on any atom is -0.488 e. The van der Waals surface area contributed by atoms with E-state index in [1.165, 1.54) is 12.4 Å². The Kier molecular flexibility index (Phi) is 6.65. The zero-order chi connectivity index (χ0) is 25.8. The number of nitrogens with one attached hydrogen (secondary N) is 3. The van der Waals surface area contributed by atoms with Crippen LogP contribution in [0.5, 0.6) is 5.75 Å². The molecular weight excluding hydrogens is 472 g/mol. The van der Waals surface area contributed by atoms with Crippen molar-refractivity contribution in [1.29, 1.82) is 5.41 Å². The van der Waals surface area contributed by atoms with Gasteiger partial charge in [0.15, 0.2) is 5.82 Å². The van der Waals surface area contributed by atoms with E-state index in [0.29, 0.717) is 41.6 Å². The van der Waals surface area contributed by atoms with Crippen LogP contribution in [-0.2, 0) is 4.74 Å². The van der Waals surface area contributed by atoms with Crippen LogP contribution in [0.1, 0.15) is 35.0 Å². The molecule has 0 saturated carbocycles. The summed E-state index contributed by atoms with van der Waals surface area (Å²) in [6, 6.07) is 13.5. The maximum Gasteiger partial charge on any atom is 0.350 e. The molecule has 186 valence electrons. The number of aromatic amines is 1. The van der Waals surface area contributed by atoms with Crippen molar-refractivity contribution in [2.75, 3.05) is 18.5 Å². The number of terminal acetylenes is 1. The highest BCUT2D eigenvalue weighted by Crippen LogP contribution is 2.29. The monoisotopic (exact) mass is 496 g/mol. The fraction of sp³-hybridized carbons (Fsp3) is 0.192. The van der Waals surface area contributed by atoms with Gasteiger partial charge in [-0.25, -0.2) is 14.8 Å². The zero-order valence-corrected chi connectivity index (χ0v) is 19.7. The van der Waals surface area contributed by atoms with Crippen molar-refractivity contribution in [3.8, 4) is 24.0 Å². The normalized spacial score (nSPS) is 15.6. The van der Waals surface area contributed by atoms with Crippen LogP contribution < -0.4 is 21.5 Å². The Labute approximate surface area is 212 Å². The van der Waals surface area contributed by atoms with Crippen LogP contribution in [0, 0.1) is 17.8 Å². The lowest BCUT2D eigenvalue weighted by Crippen LogP contribution is -2.18. The number of H-pyrrole nitrogens is 1. The fourth-order valence-corrected chi connectivity index (χ4v) is 3.97. The van der Waals surface area contributed by atoms with E-state index in [-0.39, 0.29) is 17.9 Å². The van der Waals surface area contributed by atoms with Gasteiger partial charge in [0.1, 0.15) is 23.7 Å². The fourth-order valence-electron chi connectivity index (χ4n) is 3.97. The molecule has 2 aromatic heterocycles. The Balaban J connectivity index is 1.57. The van der Waals surface area contributed by atoms with Crippen molar-refractivity contribution in [3.05, 3.63) is 93.9 Å². The first kappa shape index (κ1) is 23.8. The molecule has 1 aliphatic rings. The van der Waals surface area contributed by atoms with Gasteiger partial charge in [0, 0.05) is 35.6 Å². The van der Waals surface area contributed by atoms with Gasteiger partial charge in [0.05, 0.1) is 13.2 Å². The van der Waals surface area contributed by atoms with Crippen LogP contribution >= 0.6 is 0 Å². The average molecular weight is 497 g/mol. The van der Waals surface area contributed by atoms with E-state index in [9.17, 15) is 4.79 Å². The number of nitrogens with two attached hydrogens (primary N) is 1.